The lowest BCUT2D eigenvalue weighted by molar-refractivity contribution is 0.0595. The summed E-state index contributed by atoms with van der Waals surface area (Å²) in [5.41, 5.74) is 2.11. The first-order valence-corrected chi connectivity index (χ1v) is 9.08. The molecule has 7 heteroatoms. The molecular weight excluding hydrogens is 318 g/mol. The number of tetrazole rings is 1. The fourth-order valence-corrected chi connectivity index (χ4v) is 4.01. The number of aryl methyl sites for hydroxylation is 1. The van der Waals surface area contributed by atoms with Gasteiger partial charge in [-0.3, -0.25) is 5.32 Å². The Kier molecular flexibility index (Phi) is 4.78. The predicted molar refractivity (Wildman–Crippen MR) is 91.7 cm³/mol. The van der Waals surface area contributed by atoms with Crippen LogP contribution in [0.4, 0.5) is 0 Å². The largest absolute Gasteiger partial charge is 0.394 e. The third-order valence-electron chi connectivity index (χ3n) is 5.59. The molecule has 1 aliphatic heterocycles. The second kappa shape index (κ2) is 7.19. The number of aliphatic hydroxyl groups is 1. The summed E-state index contributed by atoms with van der Waals surface area (Å²) < 4.78 is 7.32. The minimum absolute atomic E-state index is 0.0749. The molecule has 1 aromatic carbocycles. The SMILES string of the molecule is OCC1(NCc2nnnn2CC2CCOCC2)CCc2ccccc21. The lowest BCUT2D eigenvalue weighted by Gasteiger charge is -2.29. The van der Waals surface area contributed by atoms with Crippen LogP contribution in [0.5, 0.6) is 0 Å². The van der Waals surface area contributed by atoms with Gasteiger partial charge in [-0.05, 0) is 53.2 Å². The van der Waals surface area contributed by atoms with Gasteiger partial charge >= 0.3 is 0 Å². The number of hydrogen-bond donors (Lipinski definition) is 2. The smallest absolute Gasteiger partial charge is 0.165 e. The average molecular weight is 343 g/mol. The van der Waals surface area contributed by atoms with E-state index in [4.69, 9.17) is 4.74 Å². The minimum Gasteiger partial charge on any atom is -0.394 e. The standard InChI is InChI=1S/C18H25N5O2/c24-13-18(8-5-15-3-1-2-4-16(15)18)19-11-17-20-21-22-23(17)12-14-6-9-25-10-7-14/h1-4,14,19,24H,5-13H2. The predicted octanol–water partition coefficient (Wildman–Crippen LogP) is 1.02. The molecular formula is C18H25N5O2. The molecule has 1 fully saturated rings. The van der Waals surface area contributed by atoms with Gasteiger partial charge in [-0.25, -0.2) is 4.68 Å². The summed E-state index contributed by atoms with van der Waals surface area (Å²) in [7, 11) is 0. The van der Waals surface area contributed by atoms with Gasteiger partial charge < -0.3 is 9.84 Å². The van der Waals surface area contributed by atoms with E-state index in [-0.39, 0.29) is 6.61 Å². The summed E-state index contributed by atoms with van der Waals surface area (Å²) in [6.07, 6.45) is 3.99. The molecule has 0 saturated carbocycles. The first kappa shape index (κ1) is 16.6. The molecule has 2 aromatic rings. The van der Waals surface area contributed by atoms with Crippen molar-refractivity contribution < 1.29 is 9.84 Å². The zero-order valence-electron chi connectivity index (χ0n) is 14.4. The third kappa shape index (κ3) is 3.31. The Morgan fingerprint density at radius 2 is 2.12 bits per heavy atom. The monoisotopic (exact) mass is 343 g/mol. The van der Waals surface area contributed by atoms with E-state index in [1.165, 1.54) is 11.1 Å². The van der Waals surface area contributed by atoms with Crippen molar-refractivity contribution in [3.63, 3.8) is 0 Å². The Morgan fingerprint density at radius 3 is 2.96 bits per heavy atom. The highest BCUT2D eigenvalue weighted by Crippen LogP contribution is 2.36. The first-order chi connectivity index (χ1) is 12.3. The molecule has 0 amide bonds. The number of aromatic nitrogens is 4. The van der Waals surface area contributed by atoms with Crippen LogP contribution in [0.1, 0.15) is 36.2 Å². The molecule has 2 heterocycles. The fraction of sp³-hybridized carbons (Fsp3) is 0.611. The molecule has 0 spiro atoms. The molecule has 1 saturated heterocycles. The van der Waals surface area contributed by atoms with Crippen LogP contribution in [-0.2, 0) is 29.8 Å². The first-order valence-electron chi connectivity index (χ1n) is 9.08. The van der Waals surface area contributed by atoms with Crippen LogP contribution in [0, 0.1) is 5.92 Å². The molecule has 25 heavy (non-hydrogen) atoms. The van der Waals surface area contributed by atoms with Crippen molar-refractivity contribution in [2.75, 3.05) is 19.8 Å². The van der Waals surface area contributed by atoms with E-state index in [2.05, 4.69) is 39.0 Å². The molecule has 4 rings (SSSR count). The molecule has 1 aromatic heterocycles. The maximum atomic E-state index is 10.1. The van der Waals surface area contributed by atoms with Gasteiger partial charge in [0.25, 0.3) is 0 Å². The Bertz CT molecular complexity index is 713. The van der Waals surface area contributed by atoms with Gasteiger partial charge in [0.2, 0.25) is 0 Å². The van der Waals surface area contributed by atoms with E-state index in [9.17, 15) is 5.11 Å². The van der Waals surface area contributed by atoms with E-state index in [0.29, 0.717) is 12.5 Å². The van der Waals surface area contributed by atoms with Gasteiger partial charge in [0.05, 0.1) is 18.7 Å². The van der Waals surface area contributed by atoms with Gasteiger partial charge in [-0.2, -0.15) is 0 Å². The third-order valence-corrected chi connectivity index (χ3v) is 5.59. The van der Waals surface area contributed by atoms with Crippen LogP contribution in [0.15, 0.2) is 24.3 Å². The Morgan fingerprint density at radius 1 is 1.28 bits per heavy atom. The zero-order chi connectivity index (χ0) is 17.1. The average Bonchev–Trinajstić information content (AvgIpc) is 3.26. The maximum absolute atomic E-state index is 10.1. The normalized spacial score (nSPS) is 23.7. The lowest BCUT2D eigenvalue weighted by Crippen LogP contribution is -2.44. The van der Waals surface area contributed by atoms with Crippen molar-refractivity contribution in [3.8, 4) is 0 Å². The van der Waals surface area contributed by atoms with E-state index >= 15 is 0 Å². The highest BCUT2D eigenvalue weighted by atomic mass is 16.5. The van der Waals surface area contributed by atoms with Gasteiger partial charge in [0.1, 0.15) is 0 Å². The molecule has 1 atom stereocenters. The number of benzene rings is 1. The number of nitrogens with zero attached hydrogens (tertiary/aromatic N) is 4. The van der Waals surface area contributed by atoms with Gasteiger partial charge in [-0.1, -0.05) is 24.3 Å². The molecule has 2 N–H and O–H groups in total. The topological polar surface area (TPSA) is 85.1 Å². The highest BCUT2D eigenvalue weighted by Gasteiger charge is 2.37. The van der Waals surface area contributed by atoms with Crippen molar-refractivity contribution >= 4 is 0 Å². The van der Waals surface area contributed by atoms with Crippen LogP contribution >= 0.6 is 0 Å². The number of rotatable bonds is 6. The van der Waals surface area contributed by atoms with E-state index in [0.717, 1.165) is 51.3 Å². The number of fused-ring (bicyclic) bond motifs is 1. The lowest BCUT2D eigenvalue weighted by atomic mass is 9.92. The van der Waals surface area contributed by atoms with Crippen molar-refractivity contribution in [1.82, 2.24) is 25.5 Å². The van der Waals surface area contributed by atoms with E-state index in [1.54, 1.807) is 0 Å². The number of ether oxygens (including phenoxy) is 1. The van der Waals surface area contributed by atoms with Crippen molar-refractivity contribution in [3.05, 3.63) is 41.2 Å². The van der Waals surface area contributed by atoms with Crippen LogP contribution in [0.3, 0.4) is 0 Å². The summed E-state index contributed by atoms with van der Waals surface area (Å²) in [4.78, 5) is 0. The van der Waals surface area contributed by atoms with Crippen molar-refractivity contribution in [2.45, 2.75) is 44.3 Å². The van der Waals surface area contributed by atoms with Crippen molar-refractivity contribution in [2.24, 2.45) is 5.92 Å². The summed E-state index contributed by atoms with van der Waals surface area (Å²) in [5, 5.41) is 25.8. The van der Waals surface area contributed by atoms with E-state index in [1.807, 2.05) is 10.7 Å². The molecule has 0 bridgehead atoms. The second-order valence-electron chi connectivity index (χ2n) is 7.08. The van der Waals surface area contributed by atoms with Gasteiger partial charge in [0.15, 0.2) is 5.82 Å². The molecule has 2 aliphatic rings. The minimum atomic E-state index is -0.397. The number of aliphatic hydroxyl groups excluding tert-OH is 1. The quantitative estimate of drug-likeness (QED) is 0.815. The number of nitrogens with one attached hydrogen (secondary N) is 1. The Hall–Kier alpha value is -1.83. The molecule has 1 unspecified atom stereocenters. The Balaban J connectivity index is 1.45. The van der Waals surface area contributed by atoms with Gasteiger partial charge in [-0.15, -0.1) is 5.10 Å². The molecule has 134 valence electrons. The Labute approximate surface area is 147 Å². The van der Waals surface area contributed by atoms with Gasteiger partial charge in [0, 0.05) is 19.8 Å². The summed E-state index contributed by atoms with van der Waals surface area (Å²) in [5.74, 6) is 1.39. The summed E-state index contributed by atoms with van der Waals surface area (Å²) in [6, 6.07) is 8.34. The second-order valence-corrected chi connectivity index (χ2v) is 7.08. The molecule has 1 aliphatic carbocycles. The zero-order valence-corrected chi connectivity index (χ0v) is 14.4. The summed E-state index contributed by atoms with van der Waals surface area (Å²) >= 11 is 0. The van der Waals surface area contributed by atoms with Crippen LogP contribution in [-0.4, -0.2) is 45.1 Å². The molecule has 0 radical (unpaired) electrons. The van der Waals surface area contributed by atoms with Crippen LogP contribution in [0.25, 0.3) is 0 Å². The van der Waals surface area contributed by atoms with E-state index < -0.39 is 5.54 Å². The van der Waals surface area contributed by atoms with Crippen molar-refractivity contribution in [1.29, 1.82) is 0 Å². The molecule has 7 nitrogen and oxygen atoms in total. The summed E-state index contributed by atoms with van der Waals surface area (Å²) in [6.45, 7) is 3.10. The fourth-order valence-electron chi connectivity index (χ4n) is 4.01. The number of hydrogen-bond acceptors (Lipinski definition) is 6. The highest BCUT2D eigenvalue weighted by molar-refractivity contribution is 5.38. The van der Waals surface area contributed by atoms with Crippen LogP contribution in [0.2, 0.25) is 0 Å². The van der Waals surface area contributed by atoms with Crippen LogP contribution < -0.4 is 5.32 Å². The maximum Gasteiger partial charge on any atom is 0.165 e.